The van der Waals surface area contributed by atoms with E-state index in [0.29, 0.717) is 23.8 Å². The highest BCUT2D eigenvalue weighted by molar-refractivity contribution is 5.55. The smallest absolute Gasteiger partial charge is 0.231 e. The van der Waals surface area contributed by atoms with Crippen molar-refractivity contribution >= 4 is 5.69 Å². The van der Waals surface area contributed by atoms with E-state index in [4.69, 9.17) is 24.7 Å². The molecule has 2 aromatic rings. The molecule has 0 bridgehead atoms. The van der Waals surface area contributed by atoms with E-state index in [1.807, 2.05) is 24.3 Å². The summed E-state index contributed by atoms with van der Waals surface area (Å²) in [6.07, 6.45) is 0. The summed E-state index contributed by atoms with van der Waals surface area (Å²) in [4.78, 5) is 0. The van der Waals surface area contributed by atoms with Crippen molar-refractivity contribution < 1.29 is 18.9 Å². The Morgan fingerprint density at radius 3 is 2.80 bits per heavy atom. The maximum absolute atomic E-state index is 5.76. The molecule has 0 aliphatic carbocycles. The van der Waals surface area contributed by atoms with Gasteiger partial charge in [0.15, 0.2) is 11.5 Å². The SMILES string of the molecule is COc1cc(OCc2ccc3c(c2)OCO3)ccc1N. The van der Waals surface area contributed by atoms with Crippen LogP contribution in [0.1, 0.15) is 5.56 Å². The van der Waals surface area contributed by atoms with Gasteiger partial charge >= 0.3 is 0 Å². The Hall–Kier alpha value is -2.56. The third kappa shape index (κ3) is 2.42. The number of rotatable bonds is 4. The summed E-state index contributed by atoms with van der Waals surface area (Å²) in [7, 11) is 1.58. The minimum atomic E-state index is 0.273. The molecular formula is C15H15NO4. The number of fused-ring (bicyclic) bond motifs is 1. The monoisotopic (exact) mass is 273 g/mol. The van der Waals surface area contributed by atoms with Gasteiger partial charge in [0.25, 0.3) is 0 Å². The van der Waals surface area contributed by atoms with Crippen molar-refractivity contribution in [2.24, 2.45) is 0 Å². The number of nitrogens with two attached hydrogens (primary N) is 1. The van der Waals surface area contributed by atoms with Gasteiger partial charge in [-0.2, -0.15) is 0 Å². The molecule has 5 nitrogen and oxygen atoms in total. The molecule has 1 heterocycles. The topological polar surface area (TPSA) is 62.9 Å². The molecule has 0 saturated carbocycles. The fourth-order valence-corrected chi connectivity index (χ4v) is 1.98. The number of anilines is 1. The molecule has 1 aliphatic rings. The van der Waals surface area contributed by atoms with Gasteiger partial charge in [0.05, 0.1) is 12.8 Å². The second-order valence-corrected chi connectivity index (χ2v) is 4.38. The fraction of sp³-hybridized carbons (Fsp3) is 0.200. The van der Waals surface area contributed by atoms with E-state index in [1.54, 1.807) is 19.2 Å². The Morgan fingerprint density at radius 2 is 1.95 bits per heavy atom. The maximum Gasteiger partial charge on any atom is 0.231 e. The quantitative estimate of drug-likeness (QED) is 0.867. The normalized spacial score (nSPS) is 12.2. The van der Waals surface area contributed by atoms with Gasteiger partial charge < -0.3 is 24.7 Å². The predicted molar refractivity (Wildman–Crippen MR) is 74.3 cm³/mol. The van der Waals surface area contributed by atoms with Crippen LogP contribution in [-0.4, -0.2) is 13.9 Å². The van der Waals surface area contributed by atoms with Gasteiger partial charge in [-0.25, -0.2) is 0 Å². The molecular weight excluding hydrogens is 258 g/mol. The van der Waals surface area contributed by atoms with Crippen LogP contribution >= 0.6 is 0 Å². The molecule has 0 atom stereocenters. The first kappa shape index (κ1) is 12.5. The van der Waals surface area contributed by atoms with Gasteiger partial charge in [0, 0.05) is 6.07 Å². The van der Waals surface area contributed by atoms with Crippen molar-refractivity contribution in [2.75, 3.05) is 19.6 Å². The second kappa shape index (κ2) is 5.21. The minimum absolute atomic E-state index is 0.273. The van der Waals surface area contributed by atoms with Crippen molar-refractivity contribution in [1.82, 2.24) is 0 Å². The summed E-state index contributed by atoms with van der Waals surface area (Å²) < 4.78 is 21.5. The lowest BCUT2D eigenvalue weighted by molar-refractivity contribution is 0.174. The van der Waals surface area contributed by atoms with E-state index >= 15 is 0 Å². The van der Waals surface area contributed by atoms with E-state index < -0.39 is 0 Å². The largest absolute Gasteiger partial charge is 0.494 e. The lowest BCUT2D eigenvalue weighted by Crippen LogP contribution is -1.97. The zero-order chi connectivity index (χ0) is 13.9. The molecule has 0 spiro atoms. The van der Waals surface area contributed by atoms with Gasteiger partial charge in [0.1, 0.15) is 18.1 Å². The molecule has 20 heavy (non-hydrogen) atoms. The number of nitrogen functional groups attached to an aromatic ring is 1. The Kier molecular flexibility index (Phi) is 3.25. The fourth-order valence-electron chi connectivity index (χ4n) is 1.98. The first-order chi connectivity index (χ1) is 9.76. The Labute approximate surface area is 116 Å². The summed E-state index contributed by atoms with van der Waals surface area (Å²) in [5.74, 6) is 2.82. The highest BCUT2D eigenvalue weighted by Gasteiger charge is 2.13. The first-order valence-electron chi connectivity index (χ1n) is 6.21. The summed E-state index contributed by atoms with van der Waals surface area (Å²) >= 11 is 0. The van der Waals surface area contributed by atoms with E-state index in [-0.39, 0.29) is 6.79 Å². The Morgan fingerprint density at radius 1 is 1.10 bits per heavy atom. The van der Waals surface area contributed by atoms with E-state index in [2.05, 4.69) is 0 Å². The van der Waals surface area contributed by atoms with Crippen LogP contribution in [-0.2, 0) is 6.61 Å². The molecule has 0 unspecified atom stereocenters. The summed E-state index contributed by atoms with van der Waals surface area (Å²) in [5.41, 5.74) is 7.35. The molecule has 0 saturated heterocycles. The molecule has 0 aromatic heterocycles. The van der Waals surface area contributed by atoms with Crippen LogP contribution in [0.4, 0.5) is 5.69 Å². The van der Waals surface area contributed by atoms with Crippen molar-refractivity contribution in [3.63, 3.8) is 0 Å². The van der Waals surface area contributed by atoms with Crippen molar-refractivity contribution in [1.29, 1.82) is 0 Å². The third-order valence-corrected chi connectivity index (χ3v) is 3.05. The standard InChI is InChI=1S/C15H15NO4/c1-17-14-7-11(3-4-12(14)16)18-8-10-2-5-13-15(6-10)20-9-19-13/h2-7H,8-9,16H2,1H3. The average Bonchev–Trinajstić information content (AvgIpc) is 2.94. The number of ether oxygens (including phenoxy) is 4. The minimum Gasteiger partial charge on any atom is -0.494 e. The van der Waals surface area contributed by atoms with Crippen LogP contribution in [0.5, 0.6) is 23.0 Å². The zero-order valence-electron chi connectivity index (χ0n) is 11.1. The molecule has 0 radical (unpaired) electrons. The molecule has 0 amide bonds. The lowest BCUT2D eigenvalue weighted by atomic mass is 10.2. The highest BCUT2D eigenvalue weighted by atomic mass is 16.7. The van der Waals surface area contributed by atoms with Gasteiger partial charge in [-0.3, -0.25) is 0 Å². The Balaban J connectivity index is 1.70. The average molecular weight is 273 g/mol. The first-order valence-corrected chi connectivity index (χ1v) is 6.21. The molecule has 5 heteroatoms. The van der Waals surface area contributed by atoms with Gasteiger partial charge in [0.2, 0.25) is 6.79 Å². The van der Waals surface area contributed by atoms with Crippen molar-refractivity contribution in [3.8, 4) is 23.0 Å². The van der Waals surface area contributed by atoms with Gasteiger partial charge in [-0.15, -0.1) is 0 Å². The van der Waals surface area contributed by atoms with Crippen LogP contribution in [0.15, 0.2) is 36.4 Å². The third-order valence-electron chi connectivity index (χ3n) is 3.05. The van der Waals surface area contributed by atoms with Crippen LogP contribution in [0.3, 0.4) is 0 Å². The molecule has 3 rings (SSSR count). The molecule has 0 fully saturated rings. The van der Waals surface area contributed by atoms with E-state index in [1.165, 1.54) is 0 Å². The van der Waals surface area contributed by atoms with E-state index in [0.717, 1.165) is 17.1 Å². The lowest BCUT2D eigenvalue weighted by Gasteiger charge is -2.10. The summed E-state index contributed by atoms with van der Waals surface area (Å²) in [6, 6.07) is 11.1. The van der Waals surface area contributed by atoms with Gasteiger partial charge in [-0.1, -0.05) is 6.07 Å². The number of benzene rings is 2. The molecule has 2 aromatic carbocycles. The number of hydrogen-bond donors (Lipinski definition) is 1. The molecule has 1 aliphatic heterocycles. The summed E-state index contributed by atoms with van der Waals surface area (Å²) in [6.45, 7) is 0.707. The van der Waals surface area contributed by atoms with E-state index in [9.17, 15) is 0 Å². The number of hydrogen-bond acceptors (Lipinski definition) is 5. The number of methoxy groups -OCH3 is 1. The van der Waals surface area contributed by atoms with Crippen LogP contribution < -0.4 is 24.7 Å². The van der Waals surface area contributed by atoms with Crippen LogP contribution in [0.2, 0.25) is 0 Å². The predicted octanol–water partition coefficient (Wildman–Crippen LogP) is 2.59. The van der Waals surface area contributed by atoms with Crippen molar-refractivity contribution in [3.05, 3.63) is 42.0 Å². The zero-order valence-corrected chi connectivity index (χ0v) is 11.1. The highest BCUT2D eigenvalue weighted by Crippen LogP contribution is 2.33. The van der Waals surface area contributed by atoms with Crippen LogP contribution in [0.25, 0.3) is 0 Å². The van der Waals surface area contributed by atoms with Gasteiger partial charge in [-0.05, 0) is 29.8 Å². The Bertz CT molecular complexity index is 616. The van der Waals surface area contributed by atoms with Crippen molar-refractivity contribution in [2.45, 2.75) is 6.61 Å². The molecule has 104 valence electrons. The van der Waals surface area contributed by atoms with Crippen LogP contribution in [0, 0.1) is 0 Å². The summed E-state index contributed by atoms with van der Waals surface area (Å²) in [5, 5.41) is 0. The maximum atomic E-state index is 5.76. The molecule has 2 N–H and O–H groups in total. The second-order valence-electron chi connectivity index (χ2n) is 4.38.